The lowest BCUT2D eigenvalue weighted by Gasteiger charge is -2.17. The number of aliphatic hydroxyl groups is 1. The fourth-order valence-corrected chi connectivity index (χ4v) is 3.60. The molecule has 1 amide bonds. The number of carbonyl (C=O) groups excluding carboxylic acids is 2. The summed E-state index contributed by atoms with van der Waals surface area (Å²) < 4.78 is 0. The second-order valence-electron chi connectivity index (χ2n) is 8.38. The van der Waals surface area contributed by atoms with Gasteiger partial charge in [0.2, 0.25) is 5.78 Å². The standard InChI is InChI=1S/C30H32N4O3/c1-3-34(4-2)21-7-19-32-30(37)25-14-10-23(11-15-25)8-5-6-9-24-12-16-26(17-13-24)33-22-27-29(36)28(35)18-20-31-27/h10-17,20,33,36H,3-4,7,18-19,21-22H2,1-2H3,(H,32,37). The predicted molar refractivity (Wildman–Crippen MR) is 148 cm³/mol. The summed E-state index contributed by atoms with van der Waals surface area (Å²) in [7, 11) is 0. The average Bonchev–Trinajstić information content (AvgIpc) is 2.93. The summed E-state index contributed by atoms with van der Waals surface area (Å²) in [5.74, 6) is 11.0. The molecule has 0 atom stereocenters. The van der Waals surface area contributed by atoms with Crippen molar-refractivity contribution in [2.75, 3.05) is 38.0 Å². The van der Waals surface area contributed by atoms with Gasteiger partial charge in [-0.05, 0) is 86.4 Å². The highest BCUT2D eigenvalue weighted by Gasteiger charge is 2.16. The molecular weight excluding hydrogens is 464 g/mol. The largest absolute Gasteiger partial charge is 0.503 e. The van der Waals surface area contributed by atoms with Crippen molar-refractivity contribution in [1.29, 1.82) is 0 Å². The molecule has 190 valence electrons. The van der Waals surface area contributed by atoms with E-state index in [0.717, 1.165) is 42.9 Å². The first kappa shape index (κ1) is 27.3. The minimum absolute atomic E-state index is 0.0785. The van der Waals surface area contributed by atoms with E-state index in [-0.39, 0.29) is 30.4 Å². The summed E-state index contributed by atoms with van der Waals surface area (Å²) >= 11 is 0. The maximum Gasteiger partial charge on any atom is 0.251 e. The number of hydrogen-bond donors (Lipinski definition) is 3. The van der Waals surface area contributed by atoms with Gasteiger partial charge in [0.05, 0.1) is 6.54 Å². The Balaban J connectivity index is 1.46. The molecule has 2 aromatic carbocycles. The number of nitrogens with zero attached hydrogens (tertiary/aromatic N) is 2. The number of amides is 1. The van der Waals surface area contributed by atoms with Crippen molar-refractivity contribution in [3.05, 3.63) is 76.7 Å². The van der Waals surface area contributed by atoms with Crippen LogP contribution in [-0.4, -0.2) is 60.6 Å². The van der Waals surface area contributed by atoms with Gasteiger partial charge in [-0.15, -0.1) is 0 Å². The number of rotatable bonds is 10. The van der Waals surface area contributed by atoms with Gasteiger partial charge in [-0.2, -0.15) is 0 Å². The number of allylic oxidation sites excluding steroid dienone is 1. The molecule has 7 nitrogen and oxygen atoms in total. The number of aliphatic hydroxyl groups excluding tert-OH is 1. The summed E-state index contributed by atoms with van der Waals surface area (Å²) in [6.07, 6.45) is 2.56. The molecule has 0 saturated heterocycles. The highest BCUT2D eigenvalue weighted by molar-refractivity contribution is 6.04. The summed E-state index contributed by atoms with van der Waals surface area (Å²) in [5.41, 5.74) is 3.35. The summed E-state index contributed by atoms with van der Waals surface area (Å²) in [4.78, 5) is 30.2. The van der Waals surface area contributed by atoms with Crippen molar-refractivity contribution in [2.24, 2.45) is 4.99 Å². The van der Waals surface area contributed by atoms with Gasteiger partial charge in [0.1, 0.15) is 5.70 Å². The third kappa shape index (κ3) is 8.68. The first-order chi connectivity index (χ1) is 18.0. The molecule has 1 heterocycles. The van der Waals surface area contributed by atoms with Crippen LogP contribution in [0.2, 0.25) is 0 Å². The Kier molecular flexibility index (Phi) is 10.5. The lowest BCUT2D eigenvalue weighted by atomic mass is 10.1. The van der Waals surface area contributed by atoms with Gasteiger partial charge in [-0.25, -0.2) is 0 Å². The number of nitrogens with one attached hydrogen (secondary N) is 2. The zero-order chi connectivity index (χ0) is 26.5. The van der Waals surface area contributed by atoms with E-state index in [1.807, 2.05) is 36.4 Å². The van der Waals surface area contributed by atoms with E-state index >= 15 is 0 Å². The Labute approximate surface area is 218 Å². The first-order valence-electron chi connectivity index (χ1n) is 12.4. The second kappa shape index (κ2) is 14.3. The Morgan fingerprint density at radius 2 is 1.62 bits per heavy atom. The normalized spacial score (nSPS) is 12.5. The number of carbonyl (C=O) groups is 2. The van der Waals surface area contributed by atoms with Gasteiger partial charge < -0.3 is 20.6 Å². The molecular formula is C30H32N4O3. The Morgan fingerprint density at radius 1 is 1.00 bits per heavy atom. The minimum Gasteiger partial charge on any atom is -0.503 e. The highest BCUT2D eigenvalue weighted by Crippen LogP contribution is 2.14. The van der Waals surface area contributed by atoms with Gasteiger partial charge in [0.25, 0.3) is 5.91 Å². The molecule has 0 aromatic heterocycles. The van der Waals surface area contributed by atoms with Crippen molar-refractivity contribution in [2.45, 2.75) is 26.7 Å². The Hall–Kier alpha value is -4.33. The van der Waals surface area contributed by atoms with Crippen LogP contribution in [0.5, 0.6) is 0 Å². The quantitative estimate of drug-likeness (QED) is 0.344. The molecule has 1 aliphatic rings. The molecule has 0 saturated carbocycles. The summed E-state index contributed by atoms with van der Waals surface area (Å²) in [5, 5.41) is 15.9. The number of benzene rings is 2. The topological polar surface area (TPSA) is 94.0 Å². The predicted octanol–water partition coefficient (Wildman–Crippen LogP) is 3.78. The third-order valence-corrected chi connectivity index (χ3v) is 5.86. The molecule has 1 aliphatic heterocycles. The molecule has 0 unspecified atom stereocenters. The molecule has 2 aromatic rings. The molecule has 0 bridgehead atoms. The zero-order valence-electron chi connectivity index (χ0n) is 21.3. The first-order valence-corrected chi connectivity index (χ1v) is 12.4. The van der Waals surface area contributed by atoms with Crippen LogP contribution >= 0.6 is 0 Å². The maximum atomic E-state index is 12.3. The van der Waals surface area contributed by atoms with Crippen molar-refractivity contribution in [3.63, 3.8) is 0 Å². The minimum atomic E-state index is -0.322. The highest BCUT2D eigenvalue weighted by atomic mass is 16.3. The molecule has 7 heteroatoms. The third-order valence-electron chi connectivity index (χ3n) is 5.86. The molecule has 3 rings (SSSR count). The molecule has 0 fully saturated rings. The lowest BCUT2D eigenvalue weighted by Crippen LogP contribution is -2.29. The van der Waals surface area contributed by atoms with Crippen LogP contribution in [0.25, 0.3) is 0 Å². The molecule has 0 spiro atoms. The number of Topliss-reactive ketones (excluding diaryl/α,β-unsaturated/α-hetero) is 1. The van der Waals surface area contributed by atoms with Crippen LogP contribution in [0.15, 0.2) is 65.0 Å². The van der Waals surface area contributed by atoms with Crippen molar-refractivity contribution in [1.82, 2.24) is 10.2 Å². The van der Waals surface area contributed by atoms with Gasteiger partial charge >= 0.3 is 0 Å². The van der Waals surface area contributed by atoms with Gasteiger partial charge in [-0.1, -0.05) is 25.7 Å². The molecule has 0 aliphatic carbocycles. The van der Waals surface area contributed by atoms with Crippen molar-refractivity contribution in [3.8, 4) is 23.7 Å². The van der Waals surface area contributed by atoms with Crippen LogP contribution in [-0.2, 0) is 4.79 Å². The van der Waals surface area contributed by atoms with E-state index in [2.05, 4.69) is 58.1 Å². The van der Waals surface area contributed by atoms with Crippen LogP contribution < -0.4 is 10.6 Å². The van der Waals surface area contributed by atoms with Crippen LogP contribution in [0.3, 0.4) is 0 Å². The van der Waals surface area contributed by atoms with Gasteiger partial charge in [-0.3, -0.25) is 14.6 Å². The van der Waals surface area contributed by atoms with Crippen molar-refractivity contribution >= 4 is 23.6 Å². The smallest absolute Gasteiger partial charge is 0.251 e. The SMILES string of the molecule is CCN(CC)CCCNC(=O)c1ccc(C#CC#Cc2ccc(NCC3=C(O)C(=O)CC=N3)cc2)cc1. The molecule has 37 heavy (non-hydrogen) atoms. The average molecular weight is 497 g/mol. The van der Waals surface area contributed by atoms with E-state index in [0.29, 0.717) is 17.8 Å². The lowest BCUT2D eigenvalue weighted by molar-refractivity contribution is -0.117. The van der Waals surface area contributed by atoms with Crippen LogP contribution in [0.1, 0.15) is 48.2 Å². The van der Waals surface area contributed by atoms with Gasteiger partial charge in [0.15, 0.2) is 5.76 Å². The van der Waals surface area contributed by atoms with E-state index in [1.165, 1.54) is 6.21 Å². The Morgan fingerprint density at radius 3 is 2.24 bits per heavy atom. The summed E-state index contributed by atoms with van der Waals surface area (Å²) in [6, 6.07) is 14.6. The Bertz CT molecular complexity index is 1270. The number of anilines is 1. The number of hydrogen-bond acceptors (Lipinski definition) is 6. The fraction of sp³-hybridized carbons (Fsp3) is 0.300. The second-order valence-corrected chi connectivity index (χ2v) is 8.38. The van der Waals surface area contributed by atoms with Crippen LogP contribution in [0, 0.1) is 23.7 Å². The molecule has 0 radical (unpaired) electrons. The number of ketones is 1. The number of aliphatic imine (C=N–C) groups is 1. The van der Waals surface area contributed by atoms with E-state index < -0.39 is 0 Å². The molecule has 3 N–H and O–H groups in total. The zero-order valence-corrected chi connectivity index (χ0v) is 21.3. The van der Waals surface area contributed by atoms with E-state index in [9.17, 15) is 14.7 Å². The van der Waals surface area contributed by atoms with E-state index in [1.54, 1.807) is 12.1 Å². The van der Waals surface area contributed by atoms with E-state index in [4.69, 9.17) is 0 Å². The van der Waals surface area contributed by atoms with Gasteiger partial charge in [0, 0.05) is 41.6 Å². The summed E-state index contributed by atoms with van der Waals surface area (Å²) in [6.45, 7) is 8.21. The monoisotopic (exact) mass is 496 g/mol. The maximum absolute atomic E-state index is 12.3. The fourth-order valence-electron chi connectivity index (χ4n) is 3.60. The van der Waals surface area contributed by atoms with Crippen LogP contribution in [0.4, 0.5) is 5.69 Å². The van der Waals surface area contributed by atoms with Crippen molar-refractivity contribution < 1.29 is 14.7 Å².